The van der Waals surface area contributed by atoms with Crippen molar-refractivity contribution < 1.29 is 27.4 Å². The maximum atomic E-state index is 13.1. The van der Waals surface area contributed by atoms with E-state index in [1.165, 1.54) is 48.6 Å². The van der Waals surface area contributed by atoms with Crippen LogP contribution in [0.2, 0.25) is 0 Å². The Kier molecular flexibility index (Phi) is 6.01. The number of benzene rings is 2. The fourth-order valence-electron chi connectivity index (χ4n) is 2.00. The first-order valence-electron chi connectivity index (χ1n) is 7.19. The van der Waals surface area contributed by atoms with Gasteiger partial charge in [-0.3, -0.25) is 4.79 Å². The van der Waals surface area contributed by atoms with Crippen LogP contribution in [-0.2, 0) is 0 Å². The van der Waals surface area contributed by atoms with Gasteiger partial charge in [0.25, 0.3) is 0 Å². The monoisotopic (exact) mass is 336 g/mol. The van der Waals surface area contributed by atoms with Crippen LogP contribution >= 0.6 is 0 Å². The normalized spacial score (nSPS) is 11.0. The molecule has 2 rings (SSSR count). The summed E-state index contributed by atoms with van der Waals surface area (Å²) in [5.41, 5.74) is 0.777. The maximum Gasteiger partial charge on any atom is 0.387 e. The molecule has 2 aromatic carbocycles. The van der Waals surface area contributed by atoms with E-state index in [-0.39, 0.29) is 29.5 Å². The molecule has 0 amide bonds. The van der Waals surface area contributed by atoms with E-state index in [0.29, 0.717) is 5.56 Å². The Morgan fingerprint density at radius 2 is 1.96 bits per heavy atom. The molecule has 0 saturated carbocycles. The summed E-state index contributed by atoms with van der Waals surface area (Å²) in [4.78, 5) is 12.0. The van der Waals surface area contributed by atoms with Crippen molar-refractivity contribution in [2.24, 2.45) is 0 Å². The lowest BCUT2D eigenvalue weighted by molar-refractivity contribution is -0.0514. The smallest absolute Gasteiger partial charge is 0.387 e. The summed E-state index contributed by atoms with van der Waals surface area (Å²) in [7, 11) is 0. The van der Waals surface area contributed by atoms with Gasteiger partial charge in [-0.25, -0.2) is 4.39 Å². The minimum atomic E-state index is -2.96. The van der Waals surface area contributed by atoms with Crippen LogP contribution in [0.25, 0.3) is 6.08 Å². The van der Waals surface area contributed by atoms with Gasteiger partial charge in [0, 0.05) is 5.56 Å². The largest absolute Gasteiger partial charge is 0.490 e. The topological polar surface area (TPSA) is 35.5 Å². The SMILES string of the molecule is CCOc1cc(C=CC(=O)c2cccc(F)c2)ccc1OC(F)F. The van der Waals surface area contributed by atoms with Gasteiger partial charge in [0.2, 0.25) is 0 Å². The van der Waals surface area contributed by atoms with Crippen molar-refractivity contribution in [1.82, 2.24) is 0 Å². The Labute approximate surface area is 137 Å². The number of carbonyl (C=O) groups is 1. The van der Waals surface area contributed by atoms with Crippen molar-refractivity contribution in [3.8, 4) is 11.5 Å². The minimum absolute atomic E-state index is 0.0829. The molecule has 0 spiro atoms. The van der Waals surface area contributed by atoms with Crippen LogP contribution in [0.1, 0.15) is 22.8 Å². The summed E-state index contributed by atoms with van der Waals surface area (Å²) >= 11 is 0. The van der Waals surface area contributed by atoms with Crippen LogP contribution in [0.3, 0.4) is 0 Å². The number of ether oxygens (including phenoxy) is 2. The van der Waals surface area contributed by atoms with Gasteiger partial charge in [0.05, 0.1) is 6.61 Å². The molecule has 0 aliphatic rings. The molecule has 0 bridgehead atoms. The lowest BCUT2D eigenvalue weighted by Crippen LogP contribution is -2.04. The van der Waals surface area contributed by atoms with E-state index in [0.717, 1.165) is 6.07 Å². The van der Waals surface area contributed by atoms with Crippen LogP contribution in [0.4, 0.5) is 13.2 Å². The van der Waals surface area contributed by atoms with Crippen LogP contribution in [-0.4, -0.2) is 19.0 Å². The van der Waals surface area contributed by atoms with E-state index in [9.17, 15) is 18.0 Å². The molecule has 0 aromatic heterocycles. The highest BCUT2D eigenvalue weighted by atomic mass is 19.3. The highest BCUT2D eigenvalue weighted by molar-refractivity contribution is 6.06. The third-order valence-electron chi connectivity index (χ3n) is 3.02. The molecule has 0 aliphatic carbocycles. The van der Waals surface area contributed by atoms with Crippen LogP contribution in [0.15, 0.2) is 48.5 Å². The highest BCUT2D eigenvalue weighted by Gasteiger charge is 2.11. The van der Waals surface area contributed by atoms with Gasteiger partial charge in [0.1, 0.15) is 5.82 Å². The van der Waals surface area contributed by atoms with E-state index in [2.05, 4.69) is 4.74 Å². The fourth-order valence-corrected chi connectivity index (χ4v) is 2.00. The first kappa shape index (κ1) is 17.6. The van der Waals surface area contributed by atoms with Gasteiger partial charge in [-0.1, -0.05) is 24.3 Å². The number of hydrogen-bond acceptors (Lipinski definition) is 3. The fraction of sp³-hybridized carbons (Fsp3) is 0.167. The number of carbonyl (C=O) groups excluding carboxylic acids is 1. The van der Waals surface area contributed by atoms with E-state index >= 15 is 0 Å². The lowest BCUT2D eigenvalue weighted by atomic mass is 10.1. The summed E-state index contributed by atoms with van der Waals surface area (Å²) in [5, 5.41) is 0. The third-order valence-corrected chi connectivity index (χ3v) is 3.02. The predicted octanol–water partition coefficient (Wildman–Crippen LogP) is 4.72. The molecule has 0 fully saturated rings. The van der Waals surface area contributed by atoms with Gasteiger partial charge in [-0.2, -0.15) is 8.78 Å². The first-order chi connectivity index (χ1) is 11.5. The molecule has 0 atom stereocenters. The molecule has 0 unspecified atom stereocenters. The second-order valence-corrected chi connectivity index (χ2v) is 4.73. The summed E-state index contributed by atoms with van der Waals surface area (Å²) < 4.78 is 47.4. The van der Waals surface area contributed by atoms with Gasteiger partial charge in [-0.05, 0) is 42.8 Å². The molecule has 2 aromatic rings. The highest BCUT2D eigenvalue weighted by Crippen LogP contribution is 2.30. The van der Waals surface area contributed by atoms with Gasteiger partial charge in [0.15, 0.2) is 17.3 Å². The summed E-state index contributed by atoms with van der Waals surface area (Å²) in [5.74, 6) is -0.805. The molecule has 0 aliphatic heterocycles. The molecule has 24 heavy (non-hydrogen) atoms. The van der Waals surface area contributed by atoms with Crippen molar-refractivity contribution in [3.63, 3.8) is 0 Å². The van der Waals surface area contributed by atoms with Crippen LogP contribution in [0, 0.1) is 5.82 Å². The number of alkyl halides is 2. The lowest BCUT2D eigenvalue weighted by Gasteiger charge is -2.11. The number of hydrogen-bond donors (Lipinski definition) is 0. The predicted molar refractivity (Wildman–Crippen MR) is 84.0 cm³/mol. The molecule has 0 heterocycles. The number of rotatable bonds is 7. The van der Waals surface area contributed by atoms with E-state index in [1.807, 2.05) is 0 Å². The Morgan fingerprint density at radius 3 is 2.62 bits per heavy atom. The van der Waals surface area contributed by atoms with Gasteiger partial charge in [-0.15, -0.1) is 0 Å². The molecule has 126 valence electrons. The van der Waals surface area contributed by atoms with E-state index in [4.69, 9.17) is 4.74 Å². The van der Waals surface area contributed by atoms with Crippen LogP contribution in [0.5, 0.6) is 11.5 Å². The number of halogens is 3. The summed E-state index contributed by atoms with van der Waals surface area (Å²) in [6.07, 6.45) is 2.76. The standard InChI is InChI=1S/C18H15F3O3/c1-2-23-17-10-12(7-9-16(17)24-18(20)21)6-8-15(22)13-4-3-5-14(19)11-13/h3-11,18H,2H2,1H3. The molecule has 0 N–H and O–H groups in total. The number of ketones is 1. The molecule has 0 saturated heterocycles. The van der Waals surface area contributed by atoms with Crippen LogP contribution < -0.4 is 9.47 Å². The van der Waals surface area contributed by atoms with Crippen molar-refractivity contribution in [2.45, 2.75) is 13.5 Å². The Balaban J connectivity index is 2.19. The average Bonchev–Trinajstić information content (AvgIpc) is 2.54. The second kappa shape index (κ2) is 8.19. The molecule has 3 nitrogen and oxygen atoms in total. The molecular formula is C18H15F3O3. The Hall–Kier alpha value is -2.76. The molecular weight excluding hydrogens is 321 g/mol. The Bertz CT molecular complexity index is 742. The number of allylic oxidation sites excluding steroid dienone is 1. The molecule has 0 radical (unpaired) electrons. The quantitative estimate of drug-likeness (QED) is 0.542. The zero-order chi connectivity index (χ0) is 17.5. The van der Waals surface area contributed by atoms with Gasteiger partial charge < -0.3 is 9.47 Å². The van der Waals surface area contributed by atoms with E-state index in [1.54, 1.807) is 6.92 Å². The maximum absolute atomic E-state index is 13.1. The third kappa shape index (κ3) is 4.87. The second-order valence-electron chi connectivity index (χ2n) is 4.73. The minimum Gasteiger partial charge on any atom is -0.490 e. The zero-order valence-electron chi connectivity index (χ0n) is 12.8. The van der Waals surface area contributed by atoms with Crippen molar-refractivity contribution in [2.75, 3.05) is 6.61 Å². The van der Waals surface area contributed by atoms with Crippen molar-refractivity contribution in [1.29, 1.82) is 0 Å². The van der Waals surface area contributed by atoms with Gasteiger partial charge >= 0.3 is 6.61 Å². The average molecular weight is 336 g/mol. The van der Waals surface area contributed by atoms with Crippen molar-refractivity contribution in [3.05, 3.63) is 65.5 Å². The zero-order valence-corrected chi connectivity index (χ0v) is 12.8. The Morgan fingerprint density at radius 1 is 1.17 bits per heavy atom. The first-order valence-corrected chi connectivity index (χ1v) is 7.19. The van der Waals surface area contributed by atoms with E-state index < -0.39 is 12.4 Å². The summed E-state index contributed by atoms with van der Waals surface area (Å²) in [6.45, 7) is -0.975. The molecule has 6 heteroatoms. The van der Waals surface area contributed by atoms with Crippen molar-refractivity contribution >= 4 is 11.9 Å². The summed E-state index contributed by atoms with van der Waals surface area (Å²) in [6, 6.07) is 9.66.